The molecular weight excluding hydrogens is 244 g/mol. The molecule has 3 atom stereocenters. The summed E-state index contributed by atoms with van der Waals surface area (Å²) in [7, 11) is 0. The van der Waals surface area contributed by atoms with Crippen LogP contribution >= 0.6 is 0 Å². The zero-order valence-electron chi connectivity index (χ0n) is 13.9. The molecule has 2 aliphatic rings. The van der Waals surface area contributed by atoms with Gasteiger partial charge < -0.3 is 5.73 Å². The average Bonchev–Trinajstić information content (AvgIpc) is 2.79. The molecule has 0 amide bonds. The molecule has 2 rings (SSSR count). The van der Waals surface area contributed by atoms with Gasteiger partial charge in [-0.1, -0.05) is 39.5 Å². The van der Waals surface area contributed by atoms with E-state index in [0.717, 1.165) is 18.4 Å². The number of hydrogen-bond donors (Lipinski definition) is 1. The van der Waals surface area contributed by atoms with Gasteiger partial charge in [-0.2, -0.15) is 0 Å². The molecular formula is C18H36N2. The summed E-state index contributed by atoms with van der Waals surface area (Å²) < 4.78 is 0. The van der Waals surface area contributed by atoms with E-state index in [1.54, 1.807) is 0 Å². The van der Waals surface area contributed by atoms with Crippen molar-refractivity contribution < 1.29 is 0 Å². The Labute approximate surface area is 126 Å². The summed E-state index contributed by atoms with van der Waals surface area (Å²) in [4.78, 5) is 2.80. The van der Waals surface area contributed by atoms with E-state index in [1.807, 2.05) is 0 Å². The summed E-state index contributed by atoms with van der Waals surface area (Å²) in [5, 5.41) is 0. The lowest BCUT2D eigenvalue weighted by atomic mass is 9.87. The van der Waals surface area contributed by atoms with Crippen LogP contribution in [-0.4, -0.2) is 30.1 Å². The van der Waals surface area contributed by atoms with Crippen LogP contribution in [0.5, 0.6) is 0 Å². The number of nitrogens with zero attached hydrogens (tertiary/aromatic N) is 1. The van der Waals surface area contributed by atoms with Crippen molar-refractivity contribution in [1.82, 2.24) is 4.90 Å². The van der Waals surface area contributed by atoms with Crippen LogP contribution in [0.4, 0.5) is 0 Å². The van der Waals surface area contributed by atoms with Crippen molar-refractivity contribution in [3.63, 3.8) is 0 Å². The standard InChI is InChI=1S/C18H36N2/c1-3-6-17-8-4-11-18(15-19,12-9-17)20-13-5-7-16(2)10-14-20/h16-17H,3-15,19H2,1-2H3. The van der Waals surface area contributed by atoms with Crippen LogP contribution in [0.3, 0.4) is 0 Å². The SMILES string of the molecule is CCCC1CCCC(CN)(N2CCCC(C)CC2)CC1. The van der Waals surface area contributed by atoms with Crippen LogP contribution in [0.15, 0.2) is 0 Å². The van der Waals surface area contributed by atoms with Crippen LogP contribution in [0.2, 0.25) is 0 Å². The molecule has 0 aromatic rings. The molecule has 20 heavy (non-hydrogen) atoms. The molecule has 0 spiro atoms. The van der Waals surface area contributed by atoms with Gasteiger partial charge in [0.05, 0.1) is 0 Å². The van der Waals surface area contributed by atoms with Gasteiger partial charge in [-0.15, -0.1) is 0 Å². The lowest BCUT2D eigenvalue weighted by molar-refractivity contribution is 0.0794. The summed E-state index contributed by atoms with van der Waals surface area (Å²) in [6, 6.07) is 0. The van der Waals surface area contributed by atoms with Gasteiger partial charge in [-0.25, -0.2) is 0 Å². The first-order valence-corrected chi connectivity index (χ1v) is 9.15. The van der Waals surface area contributed by atoms with Crippen molar-refractivity contribution in [2.24, 2.45) is 17.6 Å². The van der Waals surface area contributed by atoms with Gasteiger partial charge >= 0.3 is 0 Å². The molecule has 1 heterocycles. The summed E-state index contributed by atoms with van der Waals surface area (Å²) in [6.45, 7) is 8.21. The first-order valence-electron chi connectivity index (χ1n) is 9.15. The van der Waals surface area contributed by atoms with Crippen LogP contribution in [0, 0.1) is 11.8 Å². The molecule has 3 unspecified atom stereocenters. The van der Waals surface area contributed by atoms with Gasteiger partial charge in [0.15, 0.2) is 0 Å². The molecule has 0 aromatic heterocycles. The molecule has 2 fully saturated rings. The van der Waals surface area contributed by atoms with Crippen molar-refractivity contribution in [2.75, 3.05) is 19.6 Å². The number of rotatable bonds is 4. The topological polar surface area (TPSA) is 29.3 Å². The highest BCUT2D eigenvalue weighted by molar-refractivity contribution is 4.95. The Morgan fingerprint density at radius 2 is 1.90 bits per heavy atom. The summed E-state index contributed by atoms with van der Waals surface area (Å²) >= 11 is 0. The molecule has 1 aliphatic carbocycles. The molecule has 0 aromatic carbocycles. The van der Waals surface area contributed by atoms with Crippen LogP contribution in [0.1, 0.15) is 78.1 Å². The first kappa shape index (κ1) is 16.3. The monoisotopic (exact) mass is 280 g/mol. The smallest absolute Gasteiger partial charge is 0.0331 e. The van der Waals surface area contributed by atoms with Crippen LogP contribution < -0.4 is 5.73 Å². The van der Waals surface area contributed by atoms with Crippen molar-refractivity contribution in [3.05, 3.63) is 0 Å². The quantitative estimate of drug-likeness (QED) is 0.783. The van der Waals surface area contributed by atoms with Gasteiger partial charge in [-0.05, 0) is 63.5 Å². The van der Waals surface area contributed by atoms with E-state index in [2.05, 4.69) is 18.7 Å². The number of nitrogens with two attached hydrogens (primary N) is 1. The van der Waals surface area contributed by atoms with Gasteiger partial charge in [-0.3, -0.25) is 4.90 Å². The largest absolute Gasteiger partial charge is 0.329 e. The Balaban J connectivity index is 2.00. The molecule has 1 aliphatic heterocycles. The molecule has 118 valence electrons. The van der Waals surface area contributed by atoms with Crippen molar-refractivity contribution in [2.45, 2.75) is 83.6 Å². The van der Waals surface area contributed by atoms with Gasteiger partial charge in [0.25, 0.3) is 0 Å². The van der Waals surface area contributed by atoms with Gasteiger partial charge in [0.2, 0.25) is 0 Å². The van der Waals surface area contributed by atoms with E-state index in [4.69, 9.17) is 5.73 Å². The van der Waals surface area contributed by atoms with Crippen molar-refractivity contribution in [1.29, 1.82) is 0 Å². The number of likely N-dealkylation sites (tertiary alicyclic amines) is 1. The molecule has 2 heteroatoms. The molecule has 1 saturated heterocycles. The van der Waals surface area contributed by atoms with E-state index in [9.17, 15) is 0 Å². The minimum Gasteiger partial charge on any atom is -0.329 e. The van der Waals surface area contributed by atoms with E-state index < -0.39 is 0 Å². The van der Waals surface area contributed by atoms with Crippen molar-refractivity contribution in [3.8, 4) is 0 Å². The highest BCUT2D eigenvalue weighted by Gasteiger charge is 2.37. The summed E-state index contributed by atoms with van der Waals surface area (Å²) in [6.07, 6.45) is 13.9. The fourth-order valence-corrected chi connectivity index (χ4v) is 4.55. The second-order valence-corrected chi connectivity index (χ2v) is 7.54. The lowest BCUT2D eigenvalue weighted by Crippen LogP contribution is -2.54. The maximum Gasteiger partial charge on any atom is 0.0331 e. The first-order chi connectivity index (χ1) is 9.70. The van der Waals surface area contributed by atoms with Crippen molar-refractivity contribution >= 4 is 0 Å². The highest BCUT2D eigenvalue weighted by Crippen LogP contribution is 2.37. The zero-order valence-corrected chi connectivity index (χ0v) is 13.9. The fourth-order valence-electron chi connectivity index (χ4n) is 4.55. The van der Waals surface area contributed by atoms with Crippen LogP contribution in [0.25, 0.3) is 0 Å². The third kappa shape index (κ3) is 3.98. The Morgan fingerprint density at radius 3 is 2.65 bits per heavy atom. The third-order valence-electron chi connectivity index (χ3n) is 6.04. The minimum atomic E-state index is 0.340. The zero-order chi connectivity index (χ0) is 14.4. The Bertz CT molecular complexity index is 279. The minimum absolute atomic E-state index is 0.340. The Kier molecular flexibility index (Phi) is 6.35. The van der Waals surface area contributed by atoms with E-state index >= 15 is 0 Å². The summed E-state index contributed by atoms with van der Waals surface area (Å²) in [5.41, 5.74) is 6.64. The molecule has 2 nitrogen and oxygen atoms in total. The Morgan fingerprint density at radius 1 is 1.05 bits per heavy atom. The molecule has 1 saturated carbocycles. The average molecular weight is 280 g/mol. The van der Waals surface area contributed by atoms with E-state index in [-0.39, 0.29) is 0 Å². The highest BCUT2D eigenvalue weighted by atomic mass is 15.2. The second kappa shape index (κ2) is 7.79. The maximum absolute atomic E-state index is 6.30. The molecule has 2 N–H and O–H groups in total. The Hall–Kier alpha value is -0.0800. The van der Waals surface area contributed by atoms with E-state index in [0.29, 0.717) is 5.54 Å². The molecule has 0 bridgehead atoms. The number of hydrogen-bond acceptors (Lipinski definition) is 2. The summed E-state index contributed by atoms with van der Waals surface area (Å²) in [5.74, 6) is 1.88. The maximum atomic E-state index is 6.30. The third-order valence-corrected chi connectivity index (χ3v) is 6.04. The van der Waals surface area contributed by atoms with Gasteiger partial charge in [0, 0.05) is 12.1 Å². The predicted molar refractivity (Wildman–Crippen MR) is 87.9 cm³/mol. The van der Waals surface area contributed by atoms with E-state index in [1.165, 1.54) is 77.3 Å². The lowest BCUT2D eigenvalue weighted by Gasteiger charge is -2.43. The van der Waals surface area contributed by atoms with Gasteiger partial charge in [0.1, 0.15) is 0 Å². The fraction of sp³-hybridized carbons (Fsp3) is 1.00. The predicted octanol–water partition coefficient (Wildman–Crippen LogP) is 4.19. The normalized spacial score (nSPS) is 37.4. The molecule has 0 radical (unpaired) electrons. The van der Waals surface area contributed by atoms with Crippen LogP contribution in [-0.2, 0) is 0 Å². The second-order valence-electron chi connectivity index (χ2n) is 7.54.